The molecular weight excluding hydrogens is 244 g/mol. The van der Waals surface area contributed by atoms with E-state index in [1.807, 2.05) is 0 Å². The second kappa shape index (κ2) is 14.2. The quantitative estimate of drug-likeness (QED) is 0.249. The molecule has 0 rings (SSSR count). The SMILES string of the molecule is O=C(O)C(O)C(O)CO.O=C(O)CO.O=CO. The molecule has 10 heteroatoms. The molecule has 0 aromatic carbocycles. The van der Waals surface area contributed by atoms with Crippen LogP contribution in [0.3, 0.4) is 0 Å². The Balaban J connectivity index is -0.000000207. The Morgan fingerprint density at radius 3 is 1.47 bits per heavy atom. The van der Waals surface area contributed by atoms with E-state index in [4.69, 9.17) is 45.3 Å². The lowest BCUT2D eigenvalue weighted by molar-refractivity contribution is -0.154. The Kier molecular flexibility index (Phi) is 17.3. The highest BCUT2D eigenvalue weighted by atomic mass is 16.4. The number of aliphatic hydroxyl groups is 4. The number of hydrogen-bond donors (Lipinski definition) is 7. The zero-order valence-corrected chi connectivity index (χ0v) is 8.50. The fraction of sp³-hybridized carbons (Fsp3) is 0.571. The molecule has 0 spiro atoms. The van der Waals surface area contributed by atoms with Crippen LogP contribution in [0.1, 0.15) is 0 Å². The van der Waals surface area contributed by atoms with E-state index in [2.05, 4.69) is 0 Å². The van der Waals surface area contributed by atoms with Crippen molar-refractivity contribution in [2.75, 3.05) is 13.2 Å². The minimum atomic E-state index is -1.89. The number of rotatable bonds is 4. The smallest absolute Gasteiger partial charge is 0.335 e. The molecule has 0 heterocycles. The van der Waals surface area contributed by atoms with Crippen LogP contribution in [-0.4, -0.2) is 79.6 Å². The Labute approximate surface area is 95.0 Å². The first-order valence-electron chi connectivity index (χ1n) is 3.88. The van der Waals surface area contributed by atoms with E-state index in [1.54, 1.807) is 0 Å². The van der Waals surface area contributed by atoms with Crippen molar-refractivity contribution in [3.05, 3.63) is 0 Å². The number of carboxylic acids is 2. The third kappa shape index (κ3) is 20.4. The third-order valence-electron chi connectivity index (χ3n) is 0.940. The molecule has 2 unspecified atom stereocenters. The van der Waals surface area contributed by atoms with Gasteiger partial charge in [-0.1, -0.05) is 0 Å². The number of aliphatic hydroxyl groups excluding tert-OH is 4. The molecule has 0 aliphatic rings. The van der Waals surface area contributed by atoms with Gasteiger partial charge in [-0.25, -0.2) is 9.59 Å². The summed E-state index contributed by atoms with van der Waals surface area (Å²) in [6, 6.07) is 0. The Morgan fingerprint density at radius 2 is 1.41 bits per heavy atom. The lowest BCUT2D eigenvalue weighted by atomic mass is 10.2. The fourth-order valence-electron chi connectivity index (χ4n) is 0.264. The van der Waals surface area contributed by atoms with Crippen LogP contribution in [0.5, 0.6) is 0 Å². The Morgan fingerprint density at radius 1 is 1.12 bits per heavy atom. The Bertz CT molecular complexity index is 215. The van der Waals surface area contributed by atoms with E-state index in [-0.39, 0.29) is 6.47 Å². The molecular formula is C7H14O10. The molecule has 0 amide bonds. The number of carbonyl (C=O) groups is 3. The van der Waals surface area contributed by atoms with Crippen LogP contribution in [0, 0.1) is 0 Å². The summed E-state index contributed by atoms with van der Waals surface area (Å²) in [4.78, 5) is 27.3. The van der Waals surface area contributed by atoms with Crippen LogP contribution >= 0.6 is 0 Å². The molecule has 0 aliphatic heterocycles. The molecule has 2 atom stereocenters. The standard InChI is InChI=1S/C4H8O5.C2H4O3.CH2O2/c5-1-2(6)3(7)4(8)9;3-1-2(4)5;2-1-3/h2-3,5-7H,1H2,(H,8,9);3H,1H2,(H,4,5);1H,(H,2,3). The first kappa shape index (κ1) is 20.6. The largest absolute Gasteiger partial charge is 0.483 e. The van der Waals surface area contributed by atoms with Crippen molar-refractivity contribution in [1.29, 1.82) is 0 Å². The third-order valence-corrected chi connectivity index (χ3v) is 0.940. The van der Waals surface area contributed by atoms with Crippen molar-refractivity contribution in [1.82, 2.24) is 0 Å². The van der Waals surface area contributed by atoms with Crippen LogP contribution in [0.4, 0.5) is 0 Å². The highest BCUT2D eigenvalue weighted by Gasteiger charge is 2.21. The molecule has 0 fully saturated rings. The van der Waals surface area contributed by atoms with Crippen LogP contribution in [0.2, 0.25) is 0 Å². The minimum Gasteiger partial charge on any atom is -0.483 e. The summed E-state index contributed by atoms with van der Waals surface area (Å²) in [7, 11) is 0. The monoisotopic (exact) mass is 258 g/mol. The highest BCUT2D eigenvalue weighted by molar-refractivity contribution is 5.72. The summed E-state index contributed by atoms with van der Waals surface area (Å²) < 4.78 is 0. The van der Waals surface area contributed by atoms with Gasteiger partial charge in [0.15, 0.2) is 6.10 Å². The number of carboxylic acid groups (broad SMARTS) is 3. The van der Waals surface area contributed by atoms with Gasteiger partial charge in [0.2, 0.25) is 0 Å². The van der Waals surface area contributed by atoms with Gasteiger partial charge >= 0.3 is 11.9 Å². The van der Waals surface area contributed by atoms with Gasteiger partial charge < -0.3 is 35.7 Å². The molecule has 10 nitrogen and oxygen atoms in total. The zero-order chi connectivity index (χ0) is 14.4. The van der Waals surface area contributed by atoms with Crippen molar-refractivity contribution in [3.8, 4) is 0 Å². The van der Waals surface area contributed by atoms with Gasteiger partial charge in [0.05, 0.1) is 6.61 Å². The van der Waals surface area contributed by atoms with Crippen LogP contribution in [-0.2, 0) is 14.4 Å². The number of aliphatic carboxylic acids is 2. The second-order valence-electron chi connectivity index (χ2n) is 2.19. The topological polar surface area (TPSA) is 193 Å². The van der Waals surface area contributed by atoms with Crippen molar-refractivity contribution in [3.63, 3.8) is 0 Å². The van der Waals surface area contributed by atoms with Gasteiger partial charge in [0.1, 0.15) is 12.7 Å². The summed E-state index contributed by atoms with van der Waals surface area (Å²) >= 11 is 0. The van der Waals surface area contributed by atoms with Gasteiger partial charge in [-0.05, 0) is 0 Å². The van der Waals surface area contributed by atoms with E-state index in [1.165, 1.54) is 0 Å². The molecule has 0 aromatic rings. The van der Waals surface area contributed by atoms with Gasteiger partial charge in [0.25, 0.3) is 6.47 Å². The average Bonchev–Trinajstić information content (AvgIpc) is 2.28. The molecule has 0 saturated carbocycles. The number of hydrogen-bond acceptors (Lipinski definition) is 7. The van der Waals surface area contributed by atoms with Crippen molar-refractivity contribution in [2.24, 2.45) is 0 Å². The zero-order valence-electron chi connectivity index (χ0n) is 8.50. The molecule has 0 aromatic heterocycles. The molecule has 0 radical (unpaired) electrons. The molecule has 0 saturated heterocycles. The van der Waals surface area contributed by atoms with E-state index in [9.17, 15) is 4.79 Å². The van der Waals surface area contributed by atoms with Crippen molar-refractivity contribution >= 4 is 18.4 Å². The van der Waals surface area contributed by atoms with E-state index >= 15 is 0 Å². The van der Waals surface area contributed by atoms with Gasteiger partial charge in [-0.2, -0.15) is 0 Å². The molecule has 102 valence electrons. The summed E-state index contributed by atoms with van der Waals surface area (Å²) in [5.74, 6) is -2.73. The van der Waals surface area contributed by atoms with Gasteiger partial charge in [-0.3, -0.25) is 4.79 Å². The Hall–Kier alpha value is -1.75. The molecule has 7 N–H and O–H groups in total. The van der Waals surface area contributed by atoms with E-state index in [0.29, 0.717) is 0 Å². The minimum absolute atomic E-state index is 0.250. The van der Waals surface area contributed by atoms with Crippen LogP contribution < -0.4 is 0 Å². The fourth-order valence-corrected chi connectivity index (χ4v) is 0.264. The first-order chi connectivity index (χ1) is 7.78. The van der Waals surface area contributed by atoms with E-state index in [0.717, 1.165) is 0 Å². The van der Waals surface area contributed by atoms with Gasteiger partial charge in [-0.15, -0.1) is 0 Å². The molecule has 17 heavy (non-hydrogen) atoms. The van der Waals surface area contributed by atoms with Crippen molar-refractivity contribution in [2.45, 2.75) is 12.2 Å². The summed E-state index contributed by atoms with van der Waals surface area (Å²) in [5, 5.41) is 54.7. The summed E-state index contributed by atoms with van der Waals surface area (Å²) in [5.41, 5.74) is 0. The first-order valence-corrected chi connectivity index (χ1v) is 3.88. The van der Waals surface area contributed by atoms with Crippen molar-refractivity contribution < 1.29 is 50.1 Å². The maximum Gasteiger partial charge on any atom is 0.335 e. The van der Waals surface area contributed by atoms with Crippen LogP contribution in [0.15, 0.2) is 0 Å². The average molecular weight is 258 g/mol. The molecule has 0 aliphatic carbocycles. The lowest BCUT2D eigenvalue weighted by Gasteiger charge is -2.09. The van der Waals surface area contributed by atoms with Gasteiger partial charge in [0, 0.05) is 0 Å². The maximum absolute atomic E-state index is 9.78. The lowest BCUT2D eigenvalue weighted by Crippen LogP contribution is -2.36. The summed E-state index contributed by atoms with van der Waals surface area (Å²) in [6.45, 7) is -1.78. The predicted octanol–water partition coefficient (Wildman–Crippen LogP) is -3.45. The predicted molar refractivity (Wildman–Crippen MR) is 50.1 cm³/mol. The normalized spacial score (nSPS) is 11.8. The maximum atomic E-state index is 9.78. The van der Waals surface area contributed by atoms with Crippen LogP contribution in [0.25, 0.3) is 0 Å². The molecule has 0 bridgehead atoms. The summed E-state index contributed by atoms with van der Waals surface area (Å²) in [6.07, 6.45) is -3.49. The van der Waals surface area contributed by atoms with E-state index < -0.39 is 37.4 Å². The highest BCUT2D eigenvalue weighted by Crippen LogP contribution is 1.90. The second-order valence-corrected chi connectivity index (χ2v) is 2.19.